The number of piperazine rings is 1. The van der Waals surface area contributed by atoms with E-state index in [9.17, 15) is 14.0 Å². The lowest BCUT2D eigenvalue weighted by molar-refractivity contribution is 0.102. The number of carbonyl (C=O) groups is 2. The number of aromatic amines is 1. The lowest BCUT2D eigenvalue weighted by atomic mass is 10.1. The highest BCUT2D eigenvalue weighted by Crippen LogP contribution is 2.23. The molecule has 30 heavy (non-hydrogen) atoms. The van der Waals surface area contributed by atoms with Crippen molar-refractivity contribution in [2.45, 2.75) is 0 Å². The van der Waals surface area contributed by atoms with Crippen LogP contribution in [0.3, 0.4) is 0 Å². The number of anilines is 2. The molecule has 7 nitrogen and oxygen atoms in total. The molecule has 3 N–H and O–H groups in total. The first-order valence-corrected chi connectivity index (χ1v) is 9.81. The summed E-state index contributed by atoms with van der Waals surface area (Å²) in [7, 11) is 0. The van der Waals surface area contributed by atoms with Gasteiger partial charge in [-0.1, -0.05) is 17.7 Å². The Morgan fingerprint density at radius 1 is 1.17 bits per heavy atom. The van der Waals surface area contributed by atoms with E-state index >= 15 is 0 Å². The van der Waals surface area contributed by atoms with Crippen molar-refractivity contribution in [1.29, 1.82) is 0 Å². The van der Waals surface area contributed by atoms with E-state index in [2.05, 4.69) is 25.5 Å². The van der Waals surface area contributed by atoms with E-state index in [1.54, 1.807) is 18.3 Å². The smallest absolute Gasteiger partial charge is 0.272 e. The average Bonchev–Trinajstić information content (AvgIpc) is 3.25. The zero-order valence-corrected chi connectivity index (χ0v) is 16.7. The van der Waals surface area contributed by atoms with Gasteiger partial charge < -0.3 is 20.5 Å². The fourth-order valence-corrected chi connectivity index (χ4v) is 3.53. The lowest BCUT2D eigenvalue weighted by Crippen LogP contribution is -2.43. The summed E-state index contributed by atoms with van der Waals surface area (Å²) in [6.45, 7) is 3.43. The number of benzene rings is 1. The first kappa shape index (κ1) is 20.1. The predicted octanol–water partition coefficient (Wildman–Crippen LogP) is 3.10. The zero-order valence-electron chi connectivity index (χ0n) is 15.9. The van der Waals surface area contributed by atoms with Crippen LogP contribution in [0.25, 0.3) is 0 Å². The minimum Gasteiger partial charge on any atom is -0.356 e. The van der Waals surface area contributed by atoms with E-state index in [0.717, 1.165) is 32.0 Å². The molecule has 3 aromatic rings. The molecule has 1 fully saturated rings. The molecule has 4 rings (SSSR count). The van der Waals surface area contributed by atoms with Crippen molar-refractivity contribution in [2.24, 2.45) is 0 Å². The summed E-state index contributed by atoms with van der Waals surface area (Å²) in [4.78, 5) is 34.5. The number of hydrogen-bond donors (Lipinski definition) is 3. The fourth-order valence-electron chi connectivity index (χ4n) is 3.28. The van der Waals surface area contributed by atoms with Crippen molar-refractivity contribution in [3.8, 4) is 0 Å². The first-order valence-electron chi connectivity index (χ1n) is 9.43. The Balaban J connectivity index is 1.49. The van der Waals surface area contributed by atoms with Crippen molar-refractivity contribution in [3.63, 3.8) is 0 Å². The Morgan fingerprint density at radius 2 is 1.97 bits per heavy atom. The minimum absolute atomic E-state index is 0.0180. The Morgan fingerprint density at radius 3 is 2.73 bits per heavy atom. The summed E-state index contributed by atoms with van der Waals surface area (Å²) >= 11 is 5.97. The molecule has 1 amide bonds. The van der Waals surface area contributed by atoms with Gasteiger partial charge in [-0.05, 0) is 24.3 Å². The highest BCUT2D eigenvalue weighted by atomic mass is 35.5. The summed E-state index contributed by atoms with van der Waals surface area (Å²) in [5.41, 5.74) is 0.679. The molecule has 154 valence electrons. The molecular formula is C21H19ClFN5O2. The standard InChI is InChI=1S/C21H19ClFN5O2/c22-15-2-1-3-16(23)19(15)20(29)13-10-17(26-12-13)21(30)27-14-4-5-25-18(11-14)28-8-6-24-7-9-28/h1-5,10-12,24,26H,6-9H2,(H,25,27,30). The highest BCUT2D eigenvalue weighted by Gasteiger charge is 2.20. The van der Waals surface area contributed by atoms with Gasteiger partial charge in [0.2, 0.25) is 0 Å². The molecule has 1 aliphatic heterocycles. The van der Waals surface area contributed by atoms with Gasteiger partial charge in [0, 0.05) is 55.9 Å². The van der Waals surface area contributed by atoms with E-state index in [0.29, 0.717) is 5.69 Å². The van der Waals surface area contributed by atoms with Gasteiger partial charge >= 0.3 is 0 Å². The highest BCUT2D eigenvalue weighted by molar-refractivity contribution is 6.35. The maximum absolute atomic E-state index is 14.0. The number of carbonyl (C=O) groups excluding carboxylic acids is 2. The number of nitrogens with zero attached hydrogens (tertiary/aromatic N) is 2. The molecule has 0 unspecified atom stereocenters. The minimum atomic E-state index is -0.711. The van der Waals surface area contributed by atoms with E-state index in [-0.39, 0.29) is 21.8 Å². The Bertz CT molecular complexity index is 1070. The molecule has 0 spiro atoms. The number of rotatable bonds is 5. The third-order valence-corrected chi connectivity index (χ3v) is 5.14. The van der Waals surface area contributed by atoms with Crippen molar-refractivity contribution in [2.75, 3.05) is 36.4 Å². The Hall–Kier alpha value is -3.23. The van der Waals surface area contributed by atoms with Gasteiger partial charge in [-0.3, -0.25) is 9.59 Å². The fraction of sp³-hybridized carbons (Fsp3) is 0.190. The van der Waals surface area contributed by atoms with Crippen molar-refractivity contribution in [1.82, 2.24) is 15.3 Å². The van der Waals surface area contributed by atoms with E-state index < -0.39 is 17.5 Å². The molecular weight excluding hydrogens is 409 g/mol. The van der Waals surface area contributed by atoms with Crippen molar-refractivity contribution in [3.05, 3.63) is 76.5 Å². The number of H-pyrrole nitrogens is 1. The molecule has 9 heteroatoms. The van der Waals surface area contributed by atoms with Crippen LogP contribution in [0.4, 0.5) is 15.9 Å². The van der Waals surface area contributed by atoms with Crippen LogP contribution in [-0.2, 0) is 0 Å². The van der Waals surface area contributed by atoms with Crippen LogP contribution in [0.5, 0.6) is 0 Å². The van der Waals surface area contributed by atoms with E-state index in [1.165, 1.54) is 30.5 Å². The molecule has 0 atom stereocenters. The summed E-state index contributed by atoms with van der Waals surface area (Å²) < 4.78 is 14.0. The van der Waals surface area contributed by atoms with Crippen LogP contribution in [0, 0.1) is 5.82 Å². The number of amides is 1. The molecule has 0 radical (unpaired) electrons. The maximum atomic E-state index is 14.0. The molecule has 0 aliphatic carbocycles. The second-order valence-corrected chi connectivity index (χ2v) is 7.23. The second kappa shape index (κ2) is 8.64. The zero-order chi connectivity index (χ0) is 21.1. The van der Waals surface area contributed by atoms with Gasteiger partial charge in [0.1, 0.15) is 17.3 Å². The first-order chi connectivity index (χ1) is 14.5. The van der Waals surface area contributed by atoms with Crippen LogP contribution >= 0.6 is 11.6 Å². The molecule has 1 aliphatic rings. The predicted molar refractivity (Wildman–Crippen MR) is 113 cm³/mol. The molecule has 1 aromatic carbocycles. The summed E-state index contributed by atoms with van der Waals surface area (Å²) in [6, 6.07) is 8.90. The third kappa shape index (κ3) is 4.19. The van der Waals surface area contributed by atoms with Gasteiger partial charge in [0.15, 0.2) is 5.78 Å². The lowest BCUT2D eigenvalue weighted by Gasteiger charge is -2.28. The number of aromatic nitrogens is 2. The van der Waals surface area contributed by atoms with Crippen LogP contribution in [0.15, 0.2) is 48.8 Å². The molecule has 1 saturated heterocycles. The topological polar surface area (TPSA) is 90.1 Å². The third-order valence-electron chi connectivity index (χ3n) is 4.82. The number of nitrogens with one attached hydrogen (secondary N) is 3. The monoisotopic (exact) mass is 427 g/mol. The SMILES string of the molecule is O=C(Nc1ccnc(N2CCNCC2)c1)c1cc(C(=O)c2c(F)cccc2Cl)c[nH]1. The second-order valence-electron chi connectivity index (χ2n) is 6.82. The number of ketones is 1. The summed E-state index contributed by atoms with van der Waals surface area (Å²) in [6.07, 6.45) is 3.00. The van der Waals surface area contributed by atoms with Crippen molar-refractivity contribution < 1.29 is 14.0 Å². The quantitative estimate of drug-likeness (QED) is 0.544. The molecule has 3 heterocycles. The van der Waals surface area contributed by atoms with Crippen LogP contribution in [-0.4, -0.2) is 47.8 Å². The number of hydrogen-bond acceptors (Lipinski definition) is 5. The largest absolute Gasteiger partial charge is 0.356 e. The molecule has 2 aromatic heterocycles. The van der Waals surface area contributed by atoms with Crippen molar-refractivity contribution >= 4 is 34.8 Å². The van der Waals surface area contributed by atoms with Gasteiger partial charge in [-0.15, -0.1) is 0 Å². The van der Waals surface area contributed by atoms with Gasteiger partial charge in [0.25, 0.3) is 5.91 Å². The van der Waals surface area contributed by atoms with Gasteiger partial charge in [-0.2, -0.15) is 0 Å². The average molecular weight is 428 g/mol. The van der Waals surface area contributed by atoms with E-state index in [1.807, 2.05) is 0 Å². The van der Waals surface area contributed by atoms with Crippen LogP contribution in [0.1, 0.15) is 26.4 Å². The van der Waals surface area contributed by atoms with Gasteiger partial charge in [-0.25, -0.2) is 9.37 Å². The van der Waals surface area contributed by atoms with E-state index in [4.69, 9.17) is 11.6 Å². The Labute approximate surface area is 177 Å². The maximum Gasteiger partial charge on any atom is 0.272 e. The Kier molecular flexibility index (Phi) is 5.78. The molecule has 0 bridgehead atoms. The number of pyridine rings is 1. The van der Waals surface area contributed by atoms with Crippen LogP contribution < -0.4 is 15.5 Å². The normalized spacial score (nSPS) is 13.9. The summed E-state index contributed by atoms with van der Waals surface area (Å²) in [5.74, 6) is -0.952. The summed E-state index contributed by atoms with van der Waals surface area (Å²) in [5, 5.41) is 6.09. The molecule has 0 saturated carbocycles. The van der Waals surface area contributed by atoms with Crippen LogP contribution in [0.2, 0.25) is 5.02 Å². The number of halogens is 2. The van der Waals surface area contributed by atoms with Gasteiger partial charge in [0.05, 0.1) is 10.6 Å².